The van der Waals surface area contributed by atoms with E-state index in [2.05, 4.69) is 10.4 Å². The van der Waals surface area contributed by atoms with E-state index in [1.165, 1.54) is 18.9 Å². The van der Waals surface area contributed by atoms with Crippen LogP contribution in [0.4, 0.5) is 14.9 Å². The van der Waals surface area contributed by atoms with Crippen LogP contribution in [0.15, 0.2) is 24.3 Å². The number of benzene rings is 1. The van der Waals surface area contributed by atoms with Crippen molar-refractivity contribution in [3.05, 3.63) is 41.5 Å². The Balaban J connectivity index is 1.45. The lowest BCUT2D eigenvalue weighted by Gasteiger charge is -2.18. The molecule has 1 unspecified atom stereocenters. The molecule has 1 saturated heterocycles. The smallest absolute Gasteiger partial charge is 0.321 e. The van der Waals surface area contributed by atoms with Gasteiger partial charge in [0.15, 0.2) is 5.82 Å². The quantitative estimate of drug-likeness (QED) is 0.920. The van der Waals surface area contributed by atoms with Gasteiger partial charge in [0.25, 0.3) is 0 Å². The second-order valence-corrected chi connectivity index (χ2v) is 7.27. The number of carbonyl (C=O) groups excluding carboxylic acids is 1. The molecule has 1 atom stereocenters. The summed E-state index contributed by atoms with van der Waals surface area (Å²) in [4.78, 5) is 14.2. The third-order valence-electron chi connectivity index (χ3n) is 5.24. The predicted octanol–water partition coefficient (Wildman–Crippen LogP) is 3.89. The van der Waals surface area contributed by atoms with E-state index in [4.69, 9.17) is 0 Å². The summed E-state index contributed by atoms with van der Waals surface area (Å²) in [5.74, 6) is 1.06. The van der Waals surface area contributed by atoms with Crippen molar-refractivity contribution < 1.29 is 9.18 Å². The topological polar surface area (TPSA) is 50.2 Å². The van der Waals surface area contributed by atoms with Gasteiger partial charge in [-0.2, -0.15) is 5.10 Å². The summed E-state index contributed by atoms with van der Waals surface area (Å²) < 4.78 is 16.1. The van der Waals surface area contributed by atoms with Gasteiger partial charge in [-0.15, -0.1) is 0 Å². The van der Waals surface area contributed by atoms with Crippen LogP contribution in [0.1, 0.15) is 30.7 Å². The summed E-state index contributed by atoms with van der Waals surface area (Å²) in [6.45, 7) is 5.38. The van der Waals surface area contributed by atoms with Crippen molar-refractivity contribution >= 4 is 11.7 Å². The number of urea groups is 1. The second kappa shape index (κ2) is 6.17. The van der Waals surface area contributed by atoms with E-state index in [-0.39, 0.29) is 6.03 Å². The predicted molar refractivity (Wildman–Crippen MR) is 94.4 cm³/mol. The zero-order valence-electron chi connectivity index (χ0n) is 14.6. The lowest BCUT2D eigenvalue weighted by atomic mass is 10.0. The summed E-state index contributed by atoms with van der Waals surface area (Å²) in [5.41, 5.74) is 2.58. The van der Waals surface area contributed by atoms with Gasteiger partial charge < -0.3 is 10.2 Å². The lowest BCUT2D eigenvalue weighted by molar-refractivity contribution is 0.220. The average Bonchev–Trinajstić information content (AvgIpc) is 3.19. The van der Waals surface area contributed by atoms with Gasteiger partial charge >= 0.3 is 6.03 Å². The lowest BCUT2D eigenvalue weighted by Crippen LogP contribution is -2.33. The van der Waals surface area contributed by atoms with Crippen LogP contribution in [0, 0.1) is 31.5 Å². The Morgan fingerprint density at radius 2 is 2.00 bits per heavy atom. The molecule has 0 radical (unpaired) electrons. The summed E-state index contributed by atoms with van der Waals surface area (Å²) in [6, 6.07) is 6.50. The Kier molecular flexibility index (Phi) is 3.98. The fourth-order valence-corrected chi connectivity index (χ4v) is 3.76. The molecule has 132 valence electrons. The van der Waals surface area contributed by atoms with Crippen LogP contribution in [-0.2, 0) is 0 Å². The molecule has 5 nitrogen and oxygen atoms in total. The van der Waals surface area contributed by atoms with Crippen LogP contribution in [-0.4, -0.2) is 33.8 Å². The van der Waals surface area contributed by atoms with Crippen molar-refractivity contribution in [3.8, 4) is 5.69 Å². The molecule has 1 N–H and O–H groups in total. The zero-order chi connectivity index (χ0) is 17.6. The van der Waals surface area contributed by atoms with Crippen LogP contribution < -0.4 is 5.32 Å². The van der Waals surface area contributed by atoms with Crippen molar-refractivity contribution in [2.45, 2.75) is 33.1 Å². The molecule has 2 amide bonds. The van der Waals surface area contributed by atoms with Gasteiger partial charge in [0.2, 0.25) is 0 Å². The number of rotatable bonds is 3. The van der Waals surface area contributed by atoms with Gasteiger partial charge in [-0.25, -0.2) is 13.9 Å². The number of nitrogens with zero attached hydrogens (tertiary/aromatic N) is 3. The molecule has 2 aliphatic rings. The Morgan fingerprint density at radius 3 is 2.64 bits per heavy atom. The molecule has 1 aromatic carbocycles. The van der Waals surface area contributed by atoms with Gasteiger partial charge in [0.1, 0.15) is 5.69 Å². The Bertz CT molecular complexity index is 812. The minimum atomic E-state index is -0.402. The second-order valence-electron chi connectivity index (χ2n) is 7.27. The van der Waals surface area contributed by atoms with Crippen molar-refractivity contribution in [3.63, 3.8) is 0 Å². The maximum Gasteiger partial charge on any atom is 0.321 e. The first-order chi connectivity index (χ1) is 12.0. The highest BCUT2D eigenvalue weighted by Gasteiger charge is 2.37. The third kappa shape index (κ3) is 3.25. The van der Waals surface area contributed by atoms with Crippen molar-refractivity contribution in [1.29, 1.82) is 0 Å². The zero-order valence-corrected chi connectivity index (χ0v) is 14.6. The highest BCUT2D eigenvalue weighted by atomic mass is 19.1. The number of aryl methyl sites for hydroxylation is 2. The first-order valence-electron chi connectivity index (χ1n) is 8.90. The van der Waals surface area contributed by atoms with Crippen molar-refractivity contribution in [2.75, 3.05) is 18.4 Å². The number of likely N-dealkylation sites (tertiary alicyclic amines) is 1. The molecule has 0 spiro atoms. The number of anilines is 1. The van der Waals surface area contributed by atoms with E-state index in [1.807, 2.05) is 24.8 Å². The Hall–Kier alpha value is -2.37. The maximum absolute atomic E-state index is 14.5. The molecule has 2 fully saturated rings. The number of halogens is 1. The summed E-state index contributed by atoms with van der Waals surface area (Å²) in [6.07, 6.45) is 3.70. The molecule has 1 aromatic heterocycles. The SMILES string of the molecule is Cc1cc(C)n(-c2ccc(NC(=O)N3CCC(C4CC4)C3)cc2F)n1. The summed E-state index contributed by atoms with van der Waals surface area (Å²) in [7, 11) is 0. The summed E-state index contributed by atoms with van der Waals surface area (Å²) in [5, 5.41) is 7.13. The van der Waals surface area contributed by atoms with E-state index in [1.54, 1.807) is 16.8 Å². The van der Waals surface area contributed by atoms with E-state index in [0.717, 1.165) is 36.8 Å². The molecule has 1 aliphatic carbocycles. The maximum atomic E-state index is 14.5. The number of carbonyl (C=O) groups is 1. The Morgan fingerprint density at radius 1 is 1.20 bits per heavy atom. The highest BCUT2D eigenvalue weighted by Crippen LogP contribution is 2.41. The van der Waals surface area contributed by atoms with Gasteiger partial charge in [0.05, 0.1) is 5.69 Å². The molecule has 2 aromatic rings. The molecular formula is C19H23FN4O. The van der Waals surface area contributed by atoms with Gasteiger partial charge in [-0.05, 0) is 69.2 Å². The van der Waals surface area contributed by atoms with Crippen LogP contribution in [0.25, 0.3) is 5.69 Å². The standard InChI is InChI=1S/C19H23FN4O/c1-12-9-13(2)24(22-12)18-6-5-16(10-17(18)20)21-19(25)23-8-7-15(11-23)14-3-4-14/h5-6,9-10,14-15H,3-4,7-8,11H2,1-2H3,(H,21,25). The van der Waals surface area contributed by atoms with E-state index >= 15 is 0 Å². The largest absolute Gasteiger partial charge is 0.324 e. The number of hydrogen-bond acceptors (Lipinski definition) is 2. The molecule has 4 rings (SSSR count). The van der Waals surface area contributed by atoms with Crippen LogP contribution in [0.3, 0.4) is 0 Å². The molecule has 2 heterocycles. The number of amides is 2. The first kappa shape index (κ1) is 16.1. The first-order valence-corrected chi connectivity index (χ1v) is 8.90. The van der Waals surface area contributed by atoms with Crippen molar-refractivity contribution in [2.24, 2.45) is 11.8 Å². The Labute approximate surface area is 146 Å². The van der Waals surface area contributed by atoms with Gasteiger partial charge in [-0.3, -0.25) is 0 Å². The fourth-order valence-electron chi connectivity index (χ4n) is 3.76. The fraction of sp³-hybridized carbons (Fsp3) is 0.474. The van der Waals surface area contributed by atoms with Crippen LogP contribution in [0.2, 0.25) is 0 Å². The molecule has 25 heavy (non-hydrogen) atoms. The number of aromatic nitrogens is 2. The highest BCUT2D eigenvalue weighted by molar-refractivity contribution is 5.89. The normalized spacial score (nSPS) is 20.1. The van der Waals surface area contributed by atoms with E-state index in [9.17, 15) is 9.18 Å². The van der Waals surface area contributed by atoms with Crippen LogP contribution in [0.5, 0.6) is 0 Å². The molecule has 1 saturated carbocycles. The monoisotopic (exact) mass is 342 g/mol. The number of nitrogens with one attached hydrogen (secondary N) is 1. The van der Waals surface area contributed by atoms with E-state index < -0.39 is 5.82 Å². The number of hydrogen-bond donors (Lipinski definition) is 1. The van der Waals surface area contributed by atoms with Crippen molar-refractivity contribution in [1.82, 2.24) is 14.7 Å². The van der Waals surface area contributed by atoms with Gasteiger partial charge in [-0.1, -0.05) is 0 Å². The molecule has 1 aliphatic heterocycles. The summed E-state index contributed by atoms with van der Waals surface area (Å²) >= 11 is 0. The van der Waals surface area contributed by atoms with Gasteiger partial charge in [0, 0.05) is 24.5 Å². The minimum Gasteiger partial charge on any atom is -0.324 e. The van der Waals surface area contributed by atoms with E-state index in [0.29, 0.717) is 17.3 Å². The molecule has 6 heteroatoms. The third-order valence-corrected chi connectivity index (χ3v) is 5.24. The average molecular weight is 342 g/mol. The van der Waals surface area contributed by atoms with Crippen LogP contribution >= 0.6 is 0 Å². The molecule has 0 bridgehead atoms. The minimum absolute atomic E-state index is 0.138. The molecular weight excluding hydrogens is 319 g/mol.